The predicted octanol–water partition coefficient (Wildman–Crippen LogP) is 2.83. The molecule has 1 aliphatic heterocycles. The summed E-state index contributed by atoms with van der Waals surface area (Å²) in [6.45, 7) is 3.90. The second-order valence-corrected chi connectivity index (χ2v) is 8.28. The number of rotatable bonds is 6. The van der Waals surface area contributed by atoms with Gasteiger partial charge in [-0.15, -0.1) is 12.4 Å². The van der Waals surface area contributed by atoms with Crippen molar-refractivity contribution in [3.8, 4) is 0 Å². The highest BCUT2D eigenvalue weighted by Crippen LogP contribution is 2.19. The number of fused-ring (bicyclic) bond motifs is 1. The molecule has 2 N–H and O–H groups in total. The molecule has 0 unspecified atom stereocenters. The molecule has 0 fully saturated rings. The van der Waals surface area contributed by atoms with Gasteiger partial charge in [0.25, 0.3) is 5.91 Å². The van der Waals surface area contributed by atoms with Gasteiger partial charge in [-0.2, -0.15) is 0 Å². The third-order valence-electron chi connectivity index (χ3n) is 4.29. The Kier molecular flexibility index (Phi) is 6.81. The van der Waals surface area contributed by atoms with Gasteiger partial charge >= 0.3 is 0 Å². The first-order valence-corrected chi connectivity index (χ1v) is 10.1. The number of carbonyl (C=O) groups is 1. The van der Waals surface area contributed by atoms with E-state index in [2.05, 4.69) is 22.8 Å². The summed E-state index contributed by atoms with van der Waals surface area (Å²) < 4.78 is 24.7. The minimum Gasteiger partial charge on any atom is -0.348 e. The fraction of sp³-hybridized carbons (Fsp3) is 0.316. The third-order valence-corrected chi connectivity index (χ3v) is 6.27. The Balaban J connectivity index is 0.00000243. The van der Waals surface area contributed by atoms with Gasteiger partial charge in [0.2, 0.25) is 0 Å². The Morgan fingerprint density at radius 3 is 2.62 bits per heavy atom. The van der Waals surface area contributed by atoms with E-state index in [0.717, 1.165) is 18.7 Å². The lowest BCUT2D eigenvalue weighted by atomic mass is 10.1. The third kappa shape index (κ3) is 4.44. The molecule has 0 atom stereocenters. The Labute approximate surface area is 160 Å². The Morgan fingerprint density at radius 1 is 1.12 bits per heavy atom. The Bertz CT molecular complexity index is 897. The molecule has 0 aliphatic carbocycles. The van der Waals surface area contributed by atoms with Crippen LogP contribution in [0.25, 0.3) is 0 Å². The largest absolute Gasteiger partial charge is 0.348 e. The average molecular weight is 395 g/mol. The van der Waals surface area contributed by atoms with Crippen molar-refractivity contribution in [3.05, 3.63) is 64.7 Å². The maximum absolute atomic E-state index is 12.5. The van der Waals surface area contributed by atoms with Gasteiger partial charge in [0, 0.05) is 19.6 Å². The first-order chi connectivity index (χ1) is 12.0. The van der Waals surface area contributed by atoms with Crippen LogP contribution in [0.2, 0.25) is 0 Å². The zero-order valence-corrected chi connectivity index (χ0v) is 16.3. The second-order valence-electron chi connectivity index (χ2n) is 6.20. The van der Waals surface area contributed by atoms with Gasteiger partial charge in [0.15, 0.2) is 9.84 Å². The van der Waals surface area contributed by atoms with E-state index in [9.17, 15) is 13.2 Å². The van der Waals surface area contributed by atoms with E-state index in [1.165, 1.54) is 17.2 Å². The number of benzene rings is 2. The van der Waals surface area contributed by atoms with Crippen LogP contribution in [0.15, 0.2) is 47.4 Å². The van der Waals surface area contributed by atoms with Gasteiger partial charge in [-0.3, -0.25) is 4.79 Å². The molecule has 0 aromatic heterocycles. The lowest BCUT2D eigenvalue weighted by Crippen LogP contribution is -2.25. The van der Waals surface area contributed by atoms with Gasteiger partial charge in [0.05, 0.1) is 16.2 Å². The molecule has 3 rings (SSSR count). The van der Waals surface area contributed by atoms with Crippen molar-refractivity contribution < 1.29 is 13.2 Å². The van der Waals surface area contributed by atoms with Crippen LogP contribution in [0.3, 0.4) is 0 Å². The zero-order valence-electron chi connectivity index (χ0n) is 14.6. The van der Waals surface area contributed by atoms with Crippen molar-refractivity contribution >= 4 is 28.2 Å². The molecule has 26 heavy (non-hydrogen) atoms. The van der Waals surface area contributed by atoms with E-state index in [-0.39, 0.29) is 34.5 Å². The van der Waals surface area contributed by atoms with Gasteiger partial charge in [-0.25, -0.2) is 8.42 Å². The van der Waals surface area contributed by atoms with Crippen LogP contribution in [0.4, 0.5) is 0 Å². The van der Waals surface area contributed by atoms with E-state index in [1.807, 2.05) is 13.0 Å². The number of hydrogen-bond acceptors (Lipinski definition) is 4. The molecule has 0 spiro atoms. The summed E-state index contributed by atoms with van der Waals surface area (Å²) in [4.78, 5) is 12.6. The van der Waals surface area contributed by atoms with Gasteiger partial charge < -0.3 is 10.6 Å². The SMILES string of the molecule is CCCS(=O)(=O)c1ccccc1C(=O)NCc1ccc2c(c1)CNC2.Cl. The van der Waals surface area contributed by atoms with Crippen molar-refractivity contribution in [2.75, 3.05) is 5.75 Å². The van der Waals surface area contributed by atoms with Crippen LogP contribution in [-0.2, 0) is 29.5 Å². The molecule has 1 heterocycles. The predicted molar refractivity (Wildman–Crippen MR) is 104 cm³/mol. The lowest BCUT2D eigenvalue weighted by Gasteiger charge is -2.11. The Hall–Kier alpha value is -1.89. The number of hydrogen-bond donors (Lipinski definition) is 2. The number of nitrogens with one attached hydrogen (secondary N) is 2. The maximum atomic E-state index is 12.5. The molecule has 0 saturated carbocycles. The van der Waals surface area contributed by atoms with E-state index in [1.54, 1.807) is 18.2 Å². The zero-order chi connectivity index (χ0) is 17.9. The van der Waals surface area contributed by atoms with Gasteiger partial charge in [0.1, 0.15) is 0 Å². The summed E-state index contributed by atoms with van der Waals surface area (Å²) in [5, 5.41) is 6.12. The van der Waals surface area contributed by atoms with Crippen molar-refractivity contribution in [2.45, 2.75) is 37.9 Å². The highest BCUT2D eigenvalue weighted by atomic mass is 35.5. The van der Waals surface area contributed by atoms with Crippen LogP contribution in [0.5, 0.6) is 0 Å². The fourth-order valence-corrected chi connectivity index (χ4v) is 4.58. The molecule has 5 nitrogen and oxygen atoms in total. The molecule has 1 aliphatic rings. The van der Waals surface area contributed by atoms with Crippen LogP contribution < -0.4 is 10.6 Å². The topological polar surface area (TPSA) is 75.3 Å². The van der Waals surface area contributed by atoms with Crippen molar-refractivity contribution in [3.63, 3.8) is 0 Å². The van der Waals surface area contributed by atoms with E-state index >= 15 is 0 Å². The fourth-order valence-electron chi connectivity index (χ4n) is 3.04. The number of halogens is 1. The first-order valence-electron chi connectivity index (χ1n) is 8.42. The van der Waals surface area contributed by atoms with Crippen LogP contribution in [0.1, 0.15) is 40.4 Å². The Morgan fingerprint density at radius 2 is 1.85 bits per heavy atom. The molecule has 2 aromatic rings. The normalized spacial score (nSPS) is 13.0. The average Bonchev–Trinajstić information content (AvgIpc) is 3.07. The molecule has 7 heteroatoms. The van der Waals surface area contributed by atoms with E-state index in [4.69, 9.17) is 0 Å². The number of amides is 1. The molecule has 0 bridgehead atoms. The minimum atomic E-state index is -3.45. The van der Waals surface area contributed by atoms with Gasteiger partial charge in [-0.1, -0.05) is 37.3 Å². The second kappa shape index (κ2) is 8.66. The summed E-state index contributed by atoms with van der Waals surface area (Å²) in [7, 11) is -3.45. The quantitative estimate of drug-likeness (QED) is 0.790. The first kappa shape index (κ1) is 20.4. The van der Waals surface area contributed by atoms with Crippen LogP contribution >= 0.6 is 12.4 Å². The van der Waals surface area contributed by atoms with E-state index in [0.29, 0.717) is 13.0 Å². The summed E-state index contributed by atoms with van der Waals surface area (Å²) in [5.74, 6) is -0.330. The smallest absolute Gasteiger partial charge is 0.252 e. The summed E-state index contributed by atoms with van der Waals surface area (Å²) >= 11 is 0. The molecular weight excluding hydrogens is 372 g/mol. The van der Waals surface area contributed by atoms with Crippen molar-refractivity contribution in [2.24, 2.45) is 0 Å². The molecule has 1 amide bonds. The molecule has 0 saturated heterocycles. The lowest BCUT2D eigenvalue weighted by molar-refractivity contribution is 0.0947. The molecule has 2 aromatic carbocycles. The van der Waals surface area contributed by atoms with Gasteiger partial charge in [-0.05, 0) is 35.2 Å². The standard InChI is InChI=1S/C19H22N2O3S.ClH/c1-2-9-25(23,24)18-6-4-3-5-17(18)19(22)21-11-14-7-8-15-12-20-13-16(15)10-14;/h3-8,10,20H,2,9,11-13H2,1H3,(H,21,22);1H. The number of sulfone groups is 1. The molecule has 0 radical (unpaired) electrons. The van der Waals surface area contributed by atoms with E-state index < -0.39 is 9.84 Å². The van der Waals surface area contributed by atoms with Crippen LogP contribution in [-0.4, -0.2) is 20.1 Å². The molecule has 140 valence electrons. The number of carbonyl (C=O) groups excluding carboxylic acids is 1. The summed E-state index contributed by atoms with van der Waals surface area (Å²) in [5.41, 5.74) is 3.74. The van der Waals surface area contributed by atoms with Crippen molar-refractivity contribution in [1.82, 2.24) is 10.6 Å². The molecular formula is C19H23ClN2O3S. The highest BCUT2D eigenvalue weighted by Gasteiger charge is 2.21. The summed E-state index contributed by atoms with van der Waals surface area (Å²) in [6.07, 6.45) is 0.515. The van der Waals surface area contributed by atoms with Crippen molar-refractivity contribution in [1.29, 1.82) is 0 Å². The van der Waals surface area contributed by atoms with Crippen LogP contribution in [0, 0.1) is 0 Å². The monoisotopic (exact) mass is 394 g/mol. The highest BCUT2D eigenvalue weighted by molar-refractivity contribution is 7.91. The summed E-state index contributed by atoms with van der Waals surface area (Å²) in [6, 6.07) is 12.5. The minimum absolute atomic E-state index is 0. The maximum Gasteiger partial charge on any atom is 0.252 e.